The molecule has 0 N–H and O–H groups in total. The van der Waals surface area contributed by atoms with Gasteiger partial charge in [0, 0.05) is 5.38 Å². The lowest BCUT2D eigenvalue weighted by molar-refractivity contribution is 0.185. The van der Waals surface area contributed by atoms with Crippen LogP contribution in [-0.4, -0.2) is 12.0 Å². The number of benzene rings is 1. The third-order valence-electron chi connectivity index (χ3n) is 4.37. The molecular weight excluding hydrogens is 256 g/mol. The molecule has 19 heavy (non-hydrogen) atoms. The largest absolute Gasteiger partial charge is 0.494 e. The van der Waals surface area contributed by atoms with Crippen LogP contribution < -0.4 is 4.74 Å². The molecule has 0 saturated heterocycles. The third-order valence-corrected chi connectivity index (χ3v) is 4.95. The van der Waals surface area contributed by atoms with Crippen LogP contribution in [0.2, 0.25) is 0 Å². The summed E-state index contributed by atoms with van der Waals surface area (Å²) >= 11 is 6.48. The van der Waals surface area contributed by atoms with Crippen LogP contribution in [0, 0.1) is 17.8 Å². The summed E-state index contributed by atoms with van der Waals surface area (Å²) in [6.45, 7) is 5.44. The van der Waals surface area contributed by atoms with Crippen molar-refractivity contribution in [2.75, 3.05) is 6.61 Å². The van der Waals surface area contributed by atoms with Crippen LogP contribution in [0.4, 0.5) is 0 Å². The fourth-order valence-corrected chi connectivity index (χ4v) is 3.37. The molecule has 1 fully saturated rings. The first-order valence-electron chi connectivity index (χ1n) is 7.48. The molecule has 0 spiro atoms. The van der Waals surface area contributed by atoms with Crippen molar-refractivity contribution in [3.63, 3.8) is 0 Å². The number of rotatable bonds is 5. The van der Waals surface area contributed by atoms with E-state index >= 15 is 0 Å². The third kappa shape index (κ3) is 4.42. The van der Waals surface area contributed by atoms with Gasteiger partial charge in [-0.2, -0.15) is 0 Å². The first-order valence-corrected chi connectivity index (χ1v) is 7.92. The van der Waals surface area contributed by atoms with Crippen LogP contribution >= 0.6 is 11.6 Å². The molecule has 1 aromatic carbocycles. The summed E-state index contributed by atoms with van der Waals surface area (Å²) in [4.78, 5) is 0. The summed E-state index contributed by atoms with van der Waals surface area (Å²) < 4.78 is 5.79. The lowest BCUT2D eigenvalue weighted by Gasteiger charge is -2.35. The highest BCUT2D eigenvalue weighted by Crippen LogP contribution is 2.38. The number of ether oxygens (including phenoxy) is 1. The van der Waals surface area contributed by atoms with Gasteiger partial charge in [-0.1, -0.05) is 32.0 Å². The Kier molecular flexibility index (Phi) is 5.57. The normalized spacial score (nSPS) is 27.5. The zero-order valence-corrected chi connectivity index (χ0v) is 12.8. The molecule has 0 bridgehead atoms. The van der Waals surface area contributed by atoms with Crippen molar-refractivity contribution in [2.45, 2.75) is 44.9 Å². The maximum absolute atomic E-state index is 6.48. The first kappa shape index (κ1) is 14.7. The van der Waals surface area contributed by atoms with E-state index in [2.05, 4.69) is 13.8 Å². The molecule has 0 radical (unpaired) electrons. The van der Waals surface area contributed by atoms with E-state index in [1.54, 1.807) is 0 Å². The lowest BCUT2D eigenvalue weighted by atomic mass is 9.75. The van der Waals surface area contributed by atoms with Gasteiger partial charge in [0.2, 0.25) is 0 Å². The highest BCUT2D eigenvalue weighted by molar-refractivity contribution is 6.20. The van der Waals surface area contributed by atoms with Crippen LogP contribution in [0.15, 0.2) is 30.3 Å². The Labute approximate surface area is 122 Å². The maximum Gasteiger partial charge on any atom is 0.119 e. The zero-order valence-electron chi connectivity index (χ0n) is 12.0. The smallest absolute Gasteiger partial charge is 0.119 e. The van der Waals surface area contributed by atoms with Gasteiger partial charge in [-0.25, -0.2) is 0 Å². The van der Waals surface area contributed by atoms with Gasteiger partial charge in [0.1, 0.15) is 5.75 Å². The van der Waals surface area contributed by atoms with Gasteiger partial charge in [-0.3, -0.25) is 0 Å². The van der Waals surface area contributed by atoms with Gasteiger partial charge in [-0.15, -0.1) is 11.6 Å². The first-order chi connectivity index (χ1) is 9.16. The molecule has 2 rings (SSSR count). The van der Waals surface area contributed by atoms with Gasteiger partial charge in [0.05, 0.1) is 6.61 Å². The van der Waals surface area contributed by atoms with E-state index in [0.29, 0.717) is 11.3 Å². The van der Waals surface area contributed by atoms with E-state index in [-0.39, 0.29) is 0 Å². The van der Waals surface area contributed by atoms with Crippen molar-refractivity contribution in [1.82, 2.24) is 0 Å². The summed E-state index contributed by atoms with van der Waals surface area (Å²) in [6, 6.07) is 10.0. The molecule has 3 unspecified atom stereocenters. The van der Waals surface area contributed by atoms with Crippen molar-refractivity contribution in [3.05, 3.63) is 30.3 Å². The predicted octanol–water partition coefficient (Wildman–Crippen LogP) is 5.14. The van der Waals surface area contributed by atoms with Crippen LogP contribution in [0.3, 0.4) is 0 Å². The van der Waals surface area contributed by atoms with E-state index < -0.39 is 0 Å². The molecule has 1 aliphatic rings. The van der Waals surface area contributed by atoms with E-state index in [1.807, 2.05) is 30.3 Å². The molecule has 1 aromatic rings. The molecule has 106 valence electrons. The van der Waals surface area contributed by atoms with Gasteiger partial charge in [0.15, 0.2) is 0 Å². The average molecular weight is 281 g/mol. The second-order valence-corrected chi connectivity index (χ2v) is 6.60. The van der Waals surface area contributed by atoms with E-state index in [9.17, 15) is 0 Å². The number of hydrogen-bond donors (Lipinski definition) is 0. The lowest BCUT2D eigenvalue weighted by Crippen LogP contribution is -2.29. The molecule has 1 nitrogen and oxygen atoms in total. The fraction of sp³-hybridized carbons (Fsp3) is 0.647. The van der Waals surface area contributed by atoms with Crippen molar-refractivity contribution >= 4 is 11.6 Å². The minimum absolute atomic E-state index is 0.342. The average Bonchev–Trinajstić information content (AvgIpc) is 2.42. The molecule has 0 aliphatic heterocycles. The van der Waals surface area contributed by atoms with Crippen molar-refractivity contribution in [3.8, 4) is 5.75 Å². The summed E-state index contributed by atoms with van der Waals surface area (Å²) in [7, 11) is 0. The van der Waals surface area contributed by atoms with Gasteiger partial charge in [0.25, 0.3) is 0 Å². The van der Waals surface area contributed by atoms with E-state index in [1.165, 1.54) is 19.3 Å². The Bertz CT molecular complexity index is 363. The molecular formula is C17H25ClO. The molecule has 0 aromatic heterocycles. The summed E-state index contributed by atoms with van der Waals surface area (Å²) in [5, 5.41) is 0.342. The summed E-state index contributed by atoms with van der Waals surface area (Å²) in [5.41, 5.74) is 0. The highest BCUT2D eigenvalue weighted by Gasteiger charge is 2.30. The number of alkyl halides is 1. The minimum Gasteiger partial charge on any atom is -0.494 e. The standard InChI is InChI=1S/C17H25ClO/c1-13(2)14-8-9-17(18)15(12-14)10-11-19-16-6-4-3-5-7-16/h3-7,13-15,17H,8-12H2,1-2H3. The molecule has 3 atom stereocenters. The van der Waals surface area contributed by atoms with Gasteiger partial charge < -0.3 is 4.74 Å². The summed E-state index contributed by atoms with van der Waals surface area (Å²) in [5.74, 6) is 3.20. The van der Waals surface area contributed by atoms with Gasteiger partial charge in [-0.05, 0) is 55.6 Å². The highest BCUT2D eigenvalue weighted by atomic mass is 35.5. The second kappa shape index (κ2) is 7.19. The zero-order chi connectivity index (χ0) is 13.7. The van der Waals surface area contributed by atoms with Crippen molar-refractivity contribution < 1.29 is 4.74 Å². The second-order valence-electron chi connectivity index (χ2n) is 6.04. The van der Waals surface area contributed by atoms with Crippen molar-refractivity contribution in [2.24, 2.45) is 17.8 Å². The van der Waals surface area contributed by atoms with Crippen LogP contribution in [0.5, 0.6) is 5.75 Å². The maximum atomic E-state index is 6.48. The van der Waals surface area contributed by atoms with Crippen molar-refractivity contribution in [1.29, 1.82) is 0 Å². The molecule has 0 amide bonds. The number of halogens is 1. The SMILES string of the molecule is CC(C)C1CCC(Cl)C(CCOc2ccccc2)C1. The Hall–Kier alpha value is -0.690. The van der Waals surface area contributed by atoms with Crippen LogP contribution in [-0.2, 0) is 0 Å². The summed E-state index contributed by atoms with van der Waals surface area (Å²) in [6.07, 6.45) is 4.80. The Balaban J connectivity index is 1.77. The molecule has 0 heterocycles. The molecule has 1 saturated carbocycles. The number of para-hydroxylation sites is 1. The molecule has 2 heteroatoms. The quantitative estimate of drug-likeness (QED) is 0.679. The Morgan fingerprint density at radius 1 is 1.21 bits per heavy atom. The fourth-order valence-electron chi connectivity index (χ4n) is 3.01. The Morgan fingerprint density at radius 2 is 1.95 bits per heavy atom. The Morgan fingerprint density at radius 3 is 2.63 bits per heavy atom. The molecule has 1 aliphatic carbocycles. The van der Waals surface area contributed by atoms with E-state index in [4.69, 9.17) is 16.3 Å². The van der Waals surface area contributed by atoms with E-state index in [0.717, 1.165) is 30.6 Å². The van der Waals surface area contributed by atoms with Gasteiger partial charge >= 0.3 is 0 Å². The topological polar surface area (TPSA) is 9.23 Å². The van der Waals surface area contributed by atoms with Crippen LogP contribution in [0.25, 0.3) is 0 Å². The monoisotopic (exact) mass is 280 g/mol. The predicted molar refractivity (Wildman–Crippen MR) is 81.9 cm³/mol. The minimum atomic E-state index is 0.342. The number of hydrogen-bond acceptors (Lipinski definition) is 1. The van der Waals surface area contributed by atoms with Crippen LogP contribution in [0.1, 0.15) is 39.5 Å².